The Kier molecular flexibility index (Phi) is 2.94. The fourth-order valence-electron chi connectivity index (χ4n) is 2.57. The molecular weight excluding hydrogens is 274 g/mol. The first-order valence-corrected chi connectivity index (χ1v) is 6.75. The maximum atomic E-state index is 12.8. The maximum absolute atomic E-state index is 12.8. The lowest BCUT2D eigenvalue weighted by Crippen LogP contribution is -2.02. The van der Waals surface area contributed by atoms with Gasteiger partial charge in [0, 0.05) is 22.7 Å². The van der Waals surface area contributed by atoms with Crippen molar-refractivity contribution in [3.63, 3.8) is 0 Å². The molecule has 0 fully saturated rings. The van der Waals surface area contributed by atoms with Gasteiger partial charge in [0.2, 0.25) is 0 Å². The molecular formula is C16H14ClNO2. The summed E-state index contributed by atoms with van der Waals surface area (Å²) < 4.78 is 5.54. The van der Waals surface area contributed by atoms with Gasteiger partial charge in [0.1, 0.15) is 11.5 Å². The van der Waals surface area contributed by atoms with Crippen molar-refractivity contribution in [3.05, 3.63) is 57.6 Å². The monoisotopic (exact) mass is 287 g/mol. The lowest BCUT2D eigenvalue weighted by atomic mass is 9.99. The Labute approximate surface area is 121 Å². The summed E-state index contributed by atoms with van der Waals surface area (Å²) >= 11 is 6.13. The van der Waals surface area contributed by atoms with Gasteiger partial charge >= 0.3 is 0 Å². The molecule has 0 aliphatic carbocycles. The smallest absolute Gasteiger partial charge is 0.198 e. The number of carbonyl (C=O) groups excluding carboxylic acids is 1. The van der Waals surface area contributed by atoms with E-state index in [-0.39, 0.29) is 5.78 Å². The summed E-state index contributed by atoms with van der Waals surface area (Å²) in [4.78, 5) is 15.8. The van der Waals surface area contributed by atoms with Crippen molar-refractivity contribution >= 4 is 28.3 Å². The Hall–Kier alpha value is -2.00. The third-order valence-corrected chi connectivity index (χ3v) is 4.01. The first-order chi connectivity index (χ1) is 9.50. The number of carbonyl (C=O) groups is 1. The predicted molar refractivity (Wildman–Crippen MR) is 79.7 cm³/mol. The van der Waals surface area contributed by atoms with Crippen LogP contribution in [0.2, 0.25) is 5.02 Å². The zero-order valence-electron chi connectivity index (χ0n) is 11.5. The molecule has 0 amide bonds. The van der Waals surface area contributed by atoms with Crippen LogP contribution < -0.4 is 0 Å². The predicted octanol–water partition coefficient (Wildman–Crippen LogP) is 4.57. The van der Waals surface area contributed by atoms with Gasteiger partial charge in [-0.3, -0.25) is 4.79 Å². The molecule has 1 N–H and O–H groups in total. The van der Waals surface area contributed by atoms with Crippen LogP contribution in [0.5, 0.6) is 0 Å². The number of aromatic amines is 1. The molecule has 0 saturated heterocycles. The molecule has 2 aromatic heterocycles. The number of furan rings is 1. The number of halogens is 1. The molecule has 1 aromatic carbocycles. The second-order valence-electron chi connectivity index (χ2n) is 4.91. The molecule has 3 nitrogen and oxygen atoms in total. The summed E-state index contributed by atoms with van der Waals surface area (Å²) in [5, 5.41) is 1.44. The van der Waals surface area contributed by atoms with Crippen LogP contribution in [-0.2, 0) is 0 Å². The average Bonchev–Trinajstić information content (AvgIpc) is 2.93. The van der Waals surface area contributed by atoms with E-state index in [0.29, 0.717) is 21.9 Å². The van der Waals surface area contributed by atoms with E-state index >= 15 is 0 Å². The molecule has 4 heteroatoms. The summed E-state index contributed by atoms with van der Waals surface area (Å²) in [7, 11) is 0. The van der Waals surface area contributed by atoms with Crippen LogP contribution in [0.4, 0.5) is 0 Å². The number of aryl methyl sites for hydroxylation is 2. The van der Waals surface area contributed by atoms with Crippen molar-refractivity contribution in [3.8, 4) is 0 Å². The number of hydrogen-bond acceptors (Lipinski definition) is 2. The normalized spacial score (nSPS) is 11.2. The van der Waals surface area contributed by atoms with E-state index in [1.807, 2.05) is 32.9 Å². The van der Waals surface area contributed by atoms with Gasteiger partial charge in [0.15, 0.2) is 5.78 Å². The molecule has 3 aromatic rings. The lowest BCUT2D eigenvalue weighted by molar-refractivity contribution is 0.103. The maximum Gasteiger partial charge on any atom is 0.198 e. The van der Waals surface area contributed by atoms with E-state index in [0.717, 1.165) is 22.2 Å². The first kappa shape index (κ1) is 13.0. The number of aromatic nitrogens is 1. The molecule has 0 aliphatic rings. The summed E-state index contributed by atoms with van der Waals surface area (Å²) in [6.45, 7) is 5.58. The summed E-state index contributed by atoms with van der Waals surface area (Å²) in [5.41, 5.74) is 2.94. The van der Waals surface area contributed by atoms with Crippen LogP contribution in [0.1, 0.15) is 33.0 Å². The quantitative estimate of drug-likeness (QED) is 0.702. The molecule has 20 heavy (non-hydrogen) atoms. The SMILES string of the molecule is Cc1oc(C)c(C(=O)c2c[nH]c3c(Cl)cccc23)c1C. The van der Waals surface area contributed by atoms with E-state index in [9.17, 15) is 4.79 Å². The van der Waals surface area contributed by atoms with Crippen molar-refractivity contribution < 1.29 is 9.21 Å². The van der Waals surface area contributed by atoms with Crippen molar-refractivity contribution in [2.75, 3.05) is 0 Å². The molecule has 102 valence electrons. The van der Waals surface area contributed by atoms with Gasteiger partial charge in [-0.05, 0) is 26.8 Å². The van der Waals surface area contributed by atoms with E-state index in [4.69, 9.17) is 16.0 Å². The lowest BCUT2D eigenvalue weighted by Gasteiger charge is -2.00. The van der Waals surface area contributed by atoms with Crippen molar-refractivity contribution in [2.24, 2.45) is 0 Å². The van der Waals surface area contributed by atoms with Crippen LogP contribution in [0.25, 0.3) is 10.9 Å². The van der Waals surface area contributed by atoms with Crippen molar-refractivity contribution in [1.29, 1.82) is 0 Å². The number of para-hydroxylation sites is 1. The topological polar surface area (TPSA) is 46.0 Å². The molecule has 0 saturated carbocycles. The number of H-pyrrole nitrogens is 1. The van der Waals surface area contributed by atoms with E-state index < -0.39 is 0 Å². The van der Waals surface area contributed by atoms with E-state index in [1.54, 1.807) is 12.3 Å². The molecule has 0 atom stereocenters. The van der Waals surface area contributed by atoms with Crippen LogP contribution in [0.15, 0.2) is 28.8 Å². The number of rotatable bonds is 2. The summed E-state index contributed by atoms with van der Waals surface area (Å²) in [6.07, 6.45) is 1.71. The Morgan fingerprint density at radius 2 is 1.95 bits per heavy atom. The average molecular weight is 288 g/mol. The third-order valence-electron chi connectivity index (χ3n) is 3.70. The molecule has 3 rings (SSSR count). The molecule has 0 bridgehead atoms. The number of ketones is 1. The van der Waals surface area contributed by atoms with Gasteiger partial charge in [-0.1, -0.05) is 23.7 Å². The van der Waals surface area contributed by atoms with Crippen molar-refractivity contribution in [1.82, 2.24) is 4.98 Å². The van der Waals surface area contributed by atoms with Gasteiger partial charge in [-0.15, -0.1) is 0 Å². The number of fused-ring (bicyclic) bond motifs is 1. The Bertz CT molecular complexity index is 826. The summed E-state index contributed by atoms with van der Waals surface area (Å²) in [5.74, 6) is 1.40. The zero-order valence-corrected chi connectivity index (χ0v) is 12.3. The highest BCUT2D eigenvalue weighted by molar-refractivity contribution is 6.35. The molecule has 0 radical (unpaired) electrons. The number of nitrogens with one attached hydrogen (secondary N) is 1. The second-order valence-corrected chi connectivity index (χ2v) is 5.32. The van der Waals surface area contributed by atoms with Crippen molar-refractivity contribution in [2.45, 2.75) is 20.8 Å². The van der Waals surface area contributed by atoms with Crippen LogP contribution in [0, 0.1) is 20.8 Å². The first-order valence-electron chi connectivity index (χ1n) is 6.37. The van der Waals surface area contributed by atoms with Gasteiger partial charge in [0.25, 0.3) is 0 Å². The van der Waals surface area contributed by atoms with Crippen LogP contribution in [0.3, 0.4) is 0 Å². The zero-order chi connectivity index (χ0) is 14.4. The third kappa shape index (κ3) is 1.78. The fraction of sp³-hybridized carbons (Fsp3) is 0.188. The second kappa shape index (κ2) is 4.53. The number of benzene rings is 1. The minimum absolute atomic E-state index is 0.0367. The summed E-state index contributed by atoms with van der Waals surface area (Å²) in [6, 6.07) is 5.53. The van der Waals surface area contributed by atoms with Gasteiger partial charge in [-0.25, -0.2) is 0 Å². The molecule has 0 unspecified atom stereocenters. The Morgan fingerprint density at radius 1 is 1.20 bits per heavy atom. The van der Waals surface area contributed by atoms with Crippen LogP contribution >= 0.6 is 11.6 Å². The molecule has 0 aliphatic heterocycles. The number of hydrogen-bond donors (Lipinski definition) is 1. The minimum Gasteiger partial charge on any atom is -0.466 e. The standard InChI is InChI=1S/C16H14ClNO2/c1-8-9(2)20-10(3)14(8)16(19)12-7-18-15-11(12)5-4-6-13(15)17/h4-7,18H,1-3H3. The Morgan fingerprint density at radius 3 is 2.60 bits per heavy atom. The molecule has 0 spiro atoms. The Balaban J connectivity index is 2.21. The van der Waals surface area contributed by atoms with E-state index in [1.165, 1.54) is 0 Å². The van der Waals surface area contributed by atoms with Gasteiger partial charge in [-0.2, -0.15) is 0 Å². The van der Waals surface area contributed by atoms with E-state index in [2.05, 4.69) is 4.98 Å². The largest absolute Gasteiger partial charge is 0.466 e. The van der Waals surface area contributed by atoms with Gasteiger partial charge in [0.05, 0.1) is 16.1 Å². The van der Waals surface area contributed by atoms with Crippen LogP contribution in [-0.4, -0.2) is 10.8 Å². The highest BCUT2D eigenvalue weighted by atomic mass is 35.5. The highest BCUT2D eigenvalue weighted by Gasteiger charge is 2.22. The highest BCUT2D eigenvalue weighted by Crippen LogP contribution is 2.29. The fourth-order valence-corrected chi connectivity index (χ4v) is 2.80. The molecule has 2 heterocycles. The minimum atomic E-state index is -0.0367. The van der Waals surface area contributed by atoms with Gasteiger partial charge < -0.3 is 9.40 Å².